The maximum absolute atomic E-state index is 2.34. The molecule has 0 bridgehead atoms. The Bertz CT molecular complexity index is 163. The van der Waals surface area contributed by atoms with Gasteiger partial charge < -0.3 is 0 Å². The van der Waals surface area contributed by atoms with Crippen molar-refractivity contribution < 1.29 is 0 Å². The topological polar surface area (TPSA) is 0 Å². The van der Waals surface area contributed by atoms with Gasteiger partial charge in [-0.1, -0.05) is 25.0 Å². The predicted molar refractivity (Wildman–Crippen MR) is 50.6 cm³/mol. The first-order valence-corrected chi connectivity index (χ1v) is 4.79. The van der Waals surface area contributed by atoms with E-state index >= 15 is 0 Å². The van der Waals surface area contributed by atoms with Crippen LogP contribution in [-0.4, -0.2) is 0 Å². The molecule has 1 rings (SSSR count). The lowest BCUT2D eigenvalue weighted by atomic mass is 9.78. The SMILES string of the molecule is CC1=C(C)C(C(C)C)CCC1. The van der Waals surface area contributed by atoms with Crippen LogP contribution in [0.25, 0.3) is 0 Å². The monoisotopic (exact) mass is 152 g/mol. The Kier molecular flexibility index (Phi) is 2.75. The second-order valence-electron chi connectivity index (χ2n) is 4.21. The molecule has 0 heterocycles. The normalized spacial score (nSPS) is 26.5. The van der Waals surface area contributed by atoms with Crippen molar-refractivity contribution in [1.29, 1.82) is 0 Å². The molecule has 0 spiro atoms. The highest BCUT2D eigenvalue weighted by Gasteiger charge is 2.19. The summed E-state index contributed by atoms with van der Waals surface area (Å²) < 4.78 is 0. The quantitative estimate of drug-likeness (QED) is 0.502. The molecular weight excluding hydrogens is 132 g/mol. The zero-order valence-corrected chi connectivity index (χ0v) is 8.28. The van der Waals surface area contributed by atoms with Crippen LogP contribution in [0.2, 0.25) is 0 Å². The van der Waals surface area contributed by atoms with Crippen molar-refractivity contribution in [2.75, 3.05) is 0 Å². The van der Waals surface area contributed by atoms with Gasteiger partial charge in [-0.25, -0.2) is 0 Å². The molecule has 1 unspecified atom stereocenters. The van der Waals surface area contributed by atoms with Crippen LogP contribution in [0.4, 0.5) is 0 Å². The first-order chi connectivity index (χ1) is 5.13. The van der Waals surface area contributed by atoms with Crippen LogP contribution in [0.15, 0.2) is 11.1 Å². The van der Waals surface area contributed by atoms with Gasteiger partial charge in [0.2, 0.25) is 0 Å². The van der Waals surface area contributed by atoms with E-state index in [-0.39, 0.29) is 0 Å². The zero-order valence-electron chi connectivity index (χ0n) is 8.28. The van der Waals surface area contributed by atoms with Crippen molar-refractivity contribution in [2.24, 2.45) is 11.8 Å². The maximum atomic E-state index is 2.34. The highest BCUT2D eigenvalue weighted by Crippen LogP contribution is 2.34. The van der Waals surface area contributed by atoms with Crippen molar-refractivity contribution in [1.82, 2.24) is 0 Å². The molecule has 0 fully saturated rings. The van der Waals surface area contributed by atoms with Gasteiger partial charge in [-0.2, -0.15) is 0 Å². The van der Waals surface area contributed by atoms with Gasteiger partial charge >= 0.3 is 0 Å². The summed E-state index contributed by atoms with van der Waals surface area (Å²) in [7, 11) is 0. The van der Waals surface area contributed by atoms with E-state index in [0.29, 0.717) is 0 Å². The van der Waals surface area contributed by atoms with E-state index in [1.807, 2.05) is 0 Å². The standard InChI is InChI=1S/C11H20/c1-8(2)11-7-5-6-9(3)10(11)4/h8,11H,5-7H2,1-4H3. The highest BCUT2D eigenvalue weighted by molar-refractivity contribution is 5.16. The second kappa shape index (κ2) is 3.42. The van der Waals surface area contributed by atoms with Crippen molar-refractivity contribution >= 4 is 0 Å². The second-order valence-corrected chi connectivity index (χ2v) is 4.21. The van der Waals surface area contributed by atoms with E-state index in [2.05, 4.69) is 27.7 Å². The van der Waals surface area contributed by atoms with Crippen LogP contribution < -0.4 is 0 Å². The summed E-state index contributed by atoms with van der Waals surface area (Å²) in [4.78, 5) is 0. The molecule has 0 nitrogen and oxygen atoms in total. The molecule has 1 aliphatic rings. The van der Waals surface area contributed by atoms with E-state index in [4.69, 9.17) is 0 Å². The van der Waals surface area contributed by atoms with Gasteiger partial charge in [-0.3, -0.25) is 0 Å². The van der Waals surface area contributed by atoms with Crippen LogP contribution in [0, 0.1) is 11.8 Å². The molecule has 0 aromatic heterocycles. The van der Waals surface area contributed by atoms with E-state index in [0.717, 1.165) is 11.8 Å². The molecule has 0 radical (unpaired) electrons. The first kappa shape index (κ1) is 8.83. The van der Waals surface area contributed by atoms with Crippen LogP contribution in [0.1, 0.15) is 47.0 Å². The predicted octanol–water partition coefficient (Wildman–Crippen LogP) is 3.78. The molecule has 0 aromatic rings. The Morgan fingerprint density at radius 2 is 1.91 bits per heavy atom. The Labute approximate surface area is 70.7 Å². The molecule has 0 aliphatic heterocycles. The van der Waals surface area contributed by atoms with Crippen molar-refractivity contribution in [3.05, 3.63) is 11.1 Å². The van der Waals surface area contributed by atoms with Crippen LogP contribution in [0.3, 0.4) is 0 Å². The molecule has 0 aromatic carbocycles. The molecule has 1 aliphatic carbocycles. The molecule has 0 amide bonds. The van der Waals surface area contributed by atoms with E-state index in [1.165, 1.54) is 19.3 Å². The Balaban J connectivity index is 2.74. The molecule has 0 heteroatoms. The number of hydrogen-bond acceptors (Lipinski definition) is 0. The summed E-state index contributed by atoms with van der Waals surface area (Å²) in [5, 5.41) is 0. The number of hydrogen-bond donors (Lipinski definition) is 0. The lowest BCUT2D eigenvalue weighted by Crippen LogP contribution is -2.15. The van der Waals surface area contributed by atoms with Gasteiger partial charge in [0.15, 0.2) is 0 Å². The van der Waals surface area contributed by atoms with Gasteiger partial charge in [-0.05, 0) is 44.9 Å². The Morgan fingerprint density at radius 1 is 1.27 bits per heavy atom. The van der Waals surface area contributed by atoms with E-state index < -0.39 is 0 Å². The van der Waals surface area contributed by atoms with Crippen LogP contribution in [0.5, 0.6) is 0 Å². The summed E-state index contributed by atoms with van der Waals surface area (Å²) >= 11 is 0. The molecular formula is C11H20. The van der Waals surface area contributed by atoms with Gasteiger partial charge in [0.05, 0.1) is 0 Å². The van der Waals surface area contributed by atoms with Crippen LogP contribution in [-0.2, 0) is 0 Å². The molecule has 11 heavy (non-hydrogen) atoms. The van der Waals surface area contributed by atoms with Crippen molar-refractivity contribution in [3.63, 3.8) is 0 Å². The third-order valence-electron chi connectivity index (χ3n) is 3.10. The first-order valence-electron chi connectivity index (χ1n) is 4.79. The summed E-state index contributed by atoms with van der Waals surface area (Å²) in [5.41, 5.74) is 3.32. The van der Waals surface area contributed by atoms with Gasteiger partial charge in [-0.15, -0.1) is 0 Å². The van der Waals surface area contributed by atoms with Gasteiger partial charge in [0.1, 0.15) is 0 Å². The fourth-order valence-electron chi connectivity index (χ4n) is 2.15. The lowest BCUT2D eigenvalue weighted by Gasteiger charge is -2.28. The Morgan fingerprint density at radius 3 is 2.36 bits per heavy atom. The third kappa shape index (κ3) is 1.85. The molecule has 64 valence electrons. The van der Waals surface area contributed by atoms with Gasteiger partial charge in [0.25, 0.3) is 0 Å². The molecule has 1 atom stereocenters. The summed E-state index contributed by atoms with van der Waals surface area (Å²) in [6.07, 6.45) is 4.17. The molecule has 0 saturated carbocycles. The highest BCUT2D eigenvalue weighted by atomic mass is 14.3. The summed E-state index contributed by atoms with van der Waals surface area (Å²) in [6, 6.07) is 0. The minimum absolute atomic E-state index is 0.838. The molecule has 0 N–H and O–H groups in total. The van der Waals surface area contributed by atoms with E-state index in [9.17, 15) is 0 Å². The zero-order chi connectivity index (χ0) is 8.43. The minimum atomic E-state index is 0.838. The largest absolute Gasteiger partial charge is 0.0741 e. The number of rotatable bonds is 1. The van der Waals surface area contributed by atoms with Crippen LogP contribution >= 0.6 is 0 Å². The number of allylic oxidation sites excluding steroid dienone is 2. The maximum Gasteiger partial charge on any atom is -0.0180 e. The van der Waals surface area contributed by atoms with Crippen molar-refractivity contribution in [3.8, 4) is 0 Å². The summed E-state index contributed by atoms with van der Waals surface area (Å²) in [5.74, 6) is 1.72. The Hall–Kier alpha value is -0.260. The van der Waals surface area contributed by atoms with Gasteiger partial charge in [0, 0.05) is 0 Å². The average Bonchev–Trinajstić information content (AvgIpc) is 1.94. The summed E-state index contributed by atoms with van der Waals surface area (Å²) in [6.45, 7) is 9.29. The van der Waals surface area contributed by atoms with E-state index in [1.54, 1.807) is 11.1 Å². The fraction of sp³-hybridized carbons (Fsp3) is 0.818. The molecule has 0 saturated heterocycles. The average molecular weight is 152 g/mol. The smallest absolute Gasteiger partial charge is 0.0180 e. The minimum Gasteiger partial charge on any atom is -0.0741 e. The lowest BCUT2D eigenvalue weighted by molar-refractivity contribution is 0.383. The fourth-order valence-corrected chi connectivity index (χ4v) is 2.15. The van der Waals surface area contributed by atoms with Crippen molar-refractivity contribution in [2.45, 2.75) is 47.0 Å². The third-order valence-corrected chi connectivity index (χ3v) is 3.10.